The quantitative estimate of drug-likeness (QED) is 0.465. The number of amides is 2. The van der Waals surface area contributed by atoms with Crippen LogP contribution in [0.4, 0.5) is 0 Å². The van der Waals surface area contributed by atoms with Crippen molar-refractivity contribution in [2.75, 3.05) is 13.1 Å². The van der Waals surface area contributed by atoms with E-state index in [0.717, 1.165) is 34.4 Å². The van der Waals surface area contributed by atoms with Crippen molar-refractivity contribution in [2.45, 2.75) is 12.8 Å². The molecule has 0 fully saturated rings. The average molecular weight is 398 g/mol. The largest absolute Gasteiger partial charge is 0.351 e. The summed E-state index contributed by atoms with van der Waals surface area (Å²) >= 11 is 0. The second-order valence-corrected chi connectivity index (χ2v) is 6.98. The Morgan fingerprint density at radius 3 is 1.53 bits per heavy atom. The Hall–Kier alpha value is -3.80. The van der Waals surface area contributed by atoms with E-state index in [4.69, 9.17) is 0 Å². The van der Waals surface area contributed by atoms with E-state index < -0.39 is 0 Å². The van der Waals surface area contributed by atoms with Crippen LogP contribution in [0.3, 0.4) is 0 Å². The molecule has 4 aromatic rings. The van der Waals surface area contributed by atoms with Gasteiger partial charge in [-0.3, -0.25) is 19.6 Å². The van der Waals surface area contributed by atoms with Crippen LogP contribution in [0.5, 0.6) is 0 Å². The molecule has 2 heterocycles. The zero-order valence-electron chi connectivity index (χ0n) is 16.5. The number of nitrogens with zero attached hydrogens (tertiary/aromatic N) is 2. The predicted molar refractivity (Wildman–Crippen MR) is 117 cm³/mol. The van der Waals surface area contributed by atoms with E-state index in [1.165, 1.54) is 0 Å². The van der Waals surface area contributed by atoms with E-state index in [1.54, 1.807) is 12.4 Å². The maximum atomic E-state index is 12.5. The van der Waals surface area contributed by atoms with Gasteiger partial charge in [0.2, 0.25) is 0 Å². The molecule has 150 valence electrons. The van der Waals surface area contributed by atoms with Crippen molar-refractivity contribution < 1.29 is 9.59 Å². The Kier molecular flexibility index (Phi) is 5.94. The first-order chi connectivity index (χ1) is 14.7. The number of fused-ring (bicyclic) bond motifs is 2. The third-order valence-corrected chi connectivity index (χ3v) is 4.95. The summed E-state index contributed by atoms with van der Waals surface area (Å²) in [6, 6.07) is 19.2. The number of aromatic nitrogens is 2. The van der Waals surface area contributed by atoms with Crippen LogP contribution in [0.15, 0.2) is 73.1 Å². The second kappa shape index (κ2) is 9.13. The molecular weight excluding hydrogens is 376 g/mol. The minimum Gasteiger partial charge on any atom is -0.351 e. The van der Waals surface area contributed by atoms with Gasteiger partial charge in [-0.15, -0.1) is 0 Å². The van der Waals surface area contributed by atoms with Crippen molar-refractivity contribution in [3.05, 3.63) is 84.4 Å². The Labute approximate surface area is 174 Å². The van der Waals surface area contributed by atoms with E-state index in [-0.39, 0.29) is 11.8 Å². The smallest absolute Gasteiger partial charge is 0.270 e. The predicted octanol–water partition coefficient (Wildman–Crippen LogP) is 3.72. The van der Waals surface area contributed by atoms with Crippen LogP contribution >= 0.6 is 0 Å². The Bertz CT molecular complexity index is 1100. The van der Waals surface area contributed by atoms with Crippen LogP contribution in [0, 0.1) is 0 Å². The van der Waals surface area contributed by atoms with Gasteiger partial charge in [-0.05, 0) is 35.7 Å². The van der Waals surface area contributed by atoms with Gasteiger partial charge in [-0.2, -0.15) is 0 Å². The second-order valence-electron chi connectivity index (χ2n) is 6.98. The van der Waals surface area contributed by atoms with Gasteiger partial charge >= 0.3 is 0 Å². The fourth-order valence-electron chi connectivity index (χ4n) is 3.42. The van der Waals surface area contributed by atoms with Crippen molar-refractivity contribution in [1.82, 2.24) is 20.6 Å². The van der Waals surface area contributed by atoms with Crippen LogP contribution in [0.1, 0.15) is 33.8 Å². The van der Waals surface area contributed by atoms with Crippen LogP contribution in [-0.2, 0) is 0 Å². The SMILES string of the molecule is O=C(NCCCCNC(=O)c1nccc2ccccc12)c1nccc2ccccc12. The highest BCUT2D eigenvalue weighted by Gasteiger charge is 2.12. The van der Waals surface area contributed by atoms with E-state index in [2.05, 4.69) is 20.6 Å². The summed E-state index contributed by atoms with van der Waals surface area (Å²) in [6.07, 6.45) is 4.79. The lowest BCUT2D eigenvalue weighted by Crippen LogP contribution is -2.28. The lowest BCUT2D eigenvalue weighted by Gasteiger charge is -2.09. The summed E-state index contributed by atoms with van der Waals surface area (Å²) in [7, 11) is 0. The highest BCUT2D eigenvalue weighted by molar-refractivity contribution is 6.05. The number of hydrogen-bond acceptors (Lipinski definition) is 4. The third kappa shape index (κ3) is 4.27. The normalized spacial score (nSPS) is 10.8. The number of benzene rings is 2. The summed E-state index contributed by atoms with van der Waals surface area (Å²) in [5.41, 5.74) is 0.867. The highest BCUT2D eigenvalue weighted by Crippen LogP contribution is 2.17. The molecule has 0 aliphatic carbocycles. The van der Waals surface area contributed by atoms with E-state index in [1.807, 2.05) is 60.7 Å². The van der Waals surface area contributed by atoms with Crippen LogP contribution in [-0.4, -0.2) is 34.9 Å². The van der Waals surface area contributed by atoms with Crippen molar-refractivity contribution in [2.24, 2.45) is 0 Å². The molecule has 6 heteroatoms. The van der Waals surface area contributed by atoms with E-state index in [0.29, 0.717) is 24.5 Å². The molecule has 0 aliphatic rings. The van der Waals surface area contributed by atoms with Crippen LogP contribution < -0.4 is 10.6 Å². The molecule has 0 atom stereocenters. The van der Waals surface area contributed by atoms with Gasteiger partial charge in [-0.1, -0.05) is 48.5 Å². The third-order valence-electron chi connectivity index (χ3n) is 4.95. The molecule has 0 saturated carbocycles. The Morgan fingerprint density at radius 1 is 0.633 bits per heavy atom. The maximum absolute atomic E-state index is 12.5. The number of carbonyl (C=O) groups excluding carboxylic acids is 2. The van der Waals surface area contributed by atoms with Crippen molar-refractivity contribution in [3.63, 3.8) is 0 Å². The Balaban J connectivity index is 1.24. The summed E-state index contributed by atoms with van der Waals surface area (Å²) in [5.74, 6) is -0.369. The van der Waals surface area contributed by atoms with Crippen molar-refractivity contribution in [3.8, 4) is 0 Å². The maximum Gasteiger partial charge on any atom is 0.270 e. The number of hydrogen-bond donors (Lipinski definition) is 2. The first-order valence-corrected chi connectivity index (χ1v) is 9.98. The molecule has 2 aromatic carbocycles. The van der Waals surface area contributed by atoms with Gasteiger partial charge in [0, 0.05) is 36.3 Å². The molecule has 0 unspecified atom stereocenters. The van der Waals surface area contributed by atoms with Gasteiger partial charge in [0.05, 0.1) is 0 Å². The van der Waals surface area contributed by atoms with E-state index >= 15 is 0 Å². The molecule has 0 aliphatic heterocycles. The van der Waals surface area contributed by atoms with Crippen molar-refractivity contribution >= 4 is 33.4 Å². The van der Waals surface area contributed by atoms with Crippen LogP contribution in [0.25, 0.3) is 21.5 Å². The fraction of sp³-hybridized carbons (Fsp3) is 0.167. The number of carbonyl (C=O) groups is 2. The first kappa shape index (κ1) is 19.5. The van der Waals surface area contributed by atoms with Crippen molar-refractivity contribution in [1.29, 1.82) is 0 Å². The highest BCUT2D eigenvalue weighted by atomic mass is 16.2. The molecule has 6 nitrogen and oxygen atoms in total. The summed E-state index contributed by atoms with van der Waals surface area (Å²) in [5, 5.41) is 9.47. The molecule has 2 amide bonds. The molecule has 4 rings (SSSR count). The monoisotopic (exact) mass is 398 g/mol. The molecule has 0 saturated heterocycles. The fourth-order valence-corrected chi connectivity index (χ4v) is 3.42. The molecule has 2 N–H and O–H groups in total. The number of rotatable bonds is 7. The molecule has 0 radical (unpaired) electrons. The van der Waals surface area contributed by atoms with Gasteiger partial charge in [0.15, 0.2) is 0 Å². The number of pyridine rings is 2. The average Bonchev–Trinajstić information content (AvgIpc) is 2.80. The summed E-state index contributed by atoms with van der Waals surface area (Å²) in [6.45, 7) is 1.04. The van der Waals surface area contributed by atoms with Gasteiger partial charge in [0.1, 0.15) is 11.4 Å². The minimum absolute atomic E-state index is 0.184. The summed E-state index contributed by atoms with van der Waals surface area (Å²) in [4.78, 5) is 33.4. The molecular formula is C24H22N4O2. The lowest BCUT2D eigenvalue weighted by molar-refractivity contribution is 0.0936. The van der Waals surface area contributed by atoms with Crippen LogP contribution in [0.2, 0.25) is 0 Å². The summed E-state index contributed by atoms with van der Waals surface area (Å²) < 4.78 is 0. The topological polar surface area (TPSA) is 84.0 Å². The molecule has 0 spiro atoms. The molecule has 2 aromatic heterocycles. The Morgan fingerprint density at radius 2 is 1.07 bits per heavy atom. The molecule has 30 heavy (non-hydrogen) atoms. The standard InChI is InChI=1S/C24H22N4O2/c29-23(21-19-9-3-1-7-17(19)11-15-25-21)27-13-5-6-14-28-24(30)22-20-10-4-2-8-18(20)12-16-26-22/h1-4,7-12,15-16H,5-6,13-14H2,(H,27,29)(H,28,30). The zero-order valence-corrected chi connectivity index (χ0v) is 16.5. The van der Waals surface area contributed by atoms with Gasteiger partial charge < -0.3 is 10.6 Å². The first-order valence-electron chi connectivity index (χ1n) is 9.98. The number of unbranched alkanes of at least 4 members (excludes halogenated alkanes) is 1. The lowest BCUT2D eigenvalue weighted by atomic mass is 10.1. The van der Waals surface area contributed by atoms with Gasteiger partial charge in [-0.25, -0.2) is 0 Å². The number of nitrogens with one attached hydrogen (secondary N) is 2. The van der Waals surface area contributed by atoms with E-state index in [9.17, 15) is 9.59 Å². The van der Waals surface area contributed by atoms with Gasteiger partial charge in [0.25, 0.3) is 11.8 Å². The zero-order chi connectivity index (χ0) is 20.8. The molecule has 0 bridgehead atoms. The minimum atomic E-state index is -0.184.